The van der Waals surface area contributed by atoms with Crippen molar-refractivity contribution in [2.24, 2.45) is 5.73 Å². The molecule has 17 heavy (non-hydrogen) atoms. The quantitative estimate of drug-likeness (QED) is 0.497. The fraction of sp³-hybridized carbons (Fsp3) is 0.400. The molecular formula is C10H11F4NO2. The molecule has 0 aliphatic heterocycles. The van der Waals surface area contributed by atoms with Crippen molar-refractivity contribution in [1.82, 2.24) is 0 Å². The summed E-state index contributed by atoms with van der Waals surface area (Å²) in [5, 5.41) is 0. The zero-order chi connectivity index (χ0) is 12.9. The Labute approximate surface area is 95.1 Å². The van der Waals surface area contributed by atoms with Crippen LogP contribution >= 0.6 is 0 Å². The molecule has 0 aliphatic rings. The molecule has 0 fully saturated rings. The molecule has 0 saturated heterocycles. The van der Waals surface area contributed by atoms with Crippen molar-refractivity contribution >= 4 is 0 Å². The maximum atomic E-state index is 13.2. The van der Waals surface area contributed by atoms with E-state index in [4.69, 9.17) is 10.5 Å². The lowest BCUT2D eigenvalue weighted by atomic mass is 10.2. The van der Waals surface area contributed by atoms with Crippen LogP contribution in [0.15, 0.2) is 18.2 Å². The maximum absolute atomic E-state index is 13.2. The van der Waals surface area contributed by atoms with Gasteiger partial charge in [0.15, 0.2) is 6.79 Å². The second-order valence-electron chi connectivity index (χ2n) is 3.15. The molecule has 0 aliphatic carbocycles. The van der Waals surface area contributed by atoms with E-state index in [0.29, 0.717) is 0 Å². The van der Waals surface area contributed by atoms with E-state index in [1.807, 2.05) is 0 Å². The Morgan fingerprint density at radius 2 is 1.94 bits per heavy atom. The third kappa shape index (κ3) is 4.58. The molecule has 0 aromatic heterocycles. The van der Waals surface area contributed by atoms with E-state index in [0.717, 1.165) is 0 Å². The Hall–Kier alpha value is -1.34. The van der Waals surface area contributed by atoms with E-state index in [2.05, 4.69) is 4.74 Å². The van der Waals surface area contributed by atoms with Crippen molar-refractivity contribution in [3.8, 4) is 5.75 Å². The van der Waals surface area contributed by atoms with Gasteiger partial charge in [-0.15, -0.1) is 0 Å². The number of ether oxygens (including phenoxy) is 2. The van der Waals surface area contributed by atoms with Crippen molar-refractivity contribution in [2.75, 3.05) is 13.4 Å². The minimum absolute atomic E-state index is 0.0784. The lowest BCUT2D eigenvalue weighted by Crippen LogP contribution is -2.19. The van der Waals surface area contributed by atoms with Crippen LogP contribution in [0.5, 0.6) is 5.75 Å². The summed E-state index contributed by atoms with van der Waals surface area (Å²) >= 11 is 0. The number of hydrogen-bond acceptors (Lipinski definition) is 3. The molecule has 7 heteroatoms. The fourth-order valence-corrected chi connectivity index (χ4v) is 1.13. The predicted octanol–water partition coefficient (Wildman–Crippen LogP) is 2.20. The smallest absolute Gasteiger partial charge is 0.411 e. The Morgan fingerprint density at radius 1 is 1.24 bits per heavy atom. The summed E-state index contributed by atoms with van der Waals surface area (Å²) < 4.78 is 57.5. The lowest BCUT2D eigenvalue weighted by molar-refractivity contribution is -0.186. The van der Waals surface area contributed by atoms with Gasteiger partial charge in [0.2, 0.25) is 0 Å². The number of nitrogens with two attached hydrogens (primary N) is 1. The number of hydrogen-bond donors (Lipinski definition) is 1. The number of halogens is 4. The van der Waals surface area contributed by atoms with Crippen molar-refractivity contribution in [1.29, 1.82) is 0 Å². The van der Waals surface area contributed by atoms with E-state index < -0.39 is 25.4 Å². The van der Waals surface area contributed by atoms with Gasteiger partial charge in [0.25, 0.3) is 0 Å². The highest BCUT2D eigenvalue weighted by Gasteiger charge is 2.27. The molecule has 3 nitrogen and oxygen atoms in total. The summed E-state index contributed by atoms with van der Waals surface area (Å²) in [4.78, 5) is 0. The van der Waals surface area contributed by atoms with E-state index in [1.165, 1.54) is 18.2 Å². The van der Waals surface area contributed by atoms with Crippen LogP contribution in [-0.2, 0) is 11.3 Å². The van der Waals surface area contributed by atoms with Crippen molar-refractivity contribution < 1.29 is 27.0 Å². The van der Waals surface area contributed by atoms with Crippen LogP contribution in [-0.4, -0.2) is 19.6 Å². The molecule has 0 spiro atoms. The van der Waals surface area contributed by atoms with Crippen LogP contribution in [0.4, 0.5) is 17.6 Å². The number of alkyl halides is 3. The van der Waals surface area contributed by atoms with Gasteiger partial charge >= 0.3 is 6.18 Å². The second-order valence-corrected chi connectivity index (χ2v) is 3.15. The van der Waals surface area contributed by atoms with Gasteiger partial charge < -0.3 is 15.2 Å². The zero-order valence-corrected chi connectivity index (χ0v) is 8.76. The minimum atomic E-state index is -4.41. The van der Waals surface area contributed by atoms with Crippen LogP contribution in [0.1, 0.15) is 5.56 Å². The summed E-state index contributed by atoms with van der Waals surface area (Å²) in [6.07, 6.45) is -4.41. The normalized spacial score (nSPS) is 11.6. The molecule has 0 saturated carbocycles. The highest BCUT2D eigenvalue weighted by Crippen LogP contribution is 2.21. The first-order valence-electron chi connectivity index (χ1n) is 4.69. The molecule has 0 unspecified atom stereocenters. The third-order valence-electron chi connectivity index (χ3n) is 1.84. The van der Waals surface area contributed by atoms with Gasteiger partial charge in [-0.1, -0.05) is 6.07 Å². The van der Waals surface area contributed by atoms with E-state index in [-0.39, 0.29) is 17.9 Å². The van der Waals surface area contributed by atoms with Crippen molar-refractivity contribution in [3.05, 3.63) is 29.6 Å². The summed E-state index contributed by atoms with van der Waals surface area (Å²) in [6.45, 7) is -2.14. The Bertz CT molecular complexity index is 368. The van der Waals surface area contributed by atoms with Crippen LogP contribution < -0.4 is 10.5 Å². The SMILES string of the molecule is NCc1c(F)cccc1OCOCC(F)(F)F. The van der Waals surface area contributed by atoms with E-state index in [9.17, 15) is 17.6 Å². The third-order valence-corrected chi connectivity index (χ3v) is 1.84. The minimum Gasteiger partial charge on any atom is -0.467 e. The molecule has 0 radical (unpaired) electrons. The molecular weight excluding hydrogens is 242 g/mol. The Balaban J connectivity index is 2.49. The maximum Gasteiger partial charge on any atom is 0.411 e. The second kappa shape index (κ2) is 5.83. The fourth-order valence-electron chi connectivity index (χ4n) is 1.13. The first-order chi connectivity index (χ1) is 7.94. The van der Waals surface area contributed by atoms with Gasteiger partial charge in [-0.3, -0.25) is 0 Å². The van der Waals surface area contributed by atoms with Crippen LogP contribution in [0, 0.1) is 5.82 Å². The van der Waals surface area contributed by atoms with Crippen molar-refractivity contribution in [2.45, 2.75) is 12.7 Å². The van der Waals surface area contributed by atoms with Crippen molar-refractivity contribution in [3.63, 3.8) is 0 Å². The predicted molar refractivity (Wildman–Crippen MR) is 51.8 cm³/mol. The van der Waals surface area contributed by atoms with E-state index >= 15 is 0 Å². The van der Waals surface area contributed by atoms with Gasteiger partial charge in [0.05, 0.1) is 0 Å². The van der Waals surface area contributed by atoms with Gasteiger partial charge in [0.1, 0.15) is 18.2 Å². The topological polar surface area (TPSA) is 44.5 Å². The van der Waals surface area contributed by atoms with Crippen LogP contribution in [0.3, 0.4) is 0 Å². The zero-order valence-electron chi connectivity index (χ0n) is 8.76. The average molecular weight is 253 g/mol. The Morgan fingerprint density at radius 3 is 2.53 bits per heavy atom. The number of rotatable bonds is 5. The standard InChI is InChI=1S/C10H11F4NO2/c11-8-2-1-3-9(7(8)4-15)17-6-16-5-10(12,13)14/h1-3H,4-6,15H2. The molecule has 0 bridgehead atoms. The van der Waals surface area contributed by atoms with Crippen LogP contribution in [0.2, 0.25) is 0 Å². The monoisotopic (exact) mass is 253 g/mol. The van der Waals surface area contributed by atoms with E-state index in [1.54, 1.807) is 0 Å². The van der Waals surface area contributed by atoms with Gasteiger partial charge in [-0.05, 0) is 12.1 Å². The largest absolute Gasteiger partial charge is 0.467 e. The highest BCUT2D eigenvalue weighted by atomic mass is 19.4. The van der Waals surface area contributed by atoms with Gasteiger partial charge in [-0.2, -0.15) is 13.2 Å². The molecule has 0 amide bonds. The summed E-state index contributed by atoms with van der Waals surface area (Å²) in [5.41, 5.74) is 5.38. The summed E-state index contributed by atoms with van der Waals surface area (Å²) in [5.74, 6) is -0.490. The summed E-state index contributed by atoms with van der Waals surface area (Å²) in [6, 6.07) is 3.96. The molecule has 1 aromatic rings. The van der Waals surface area contributed by atoms with Gasteiger partial charge in [-0.25, -0.2) is 4.39 Å². The summed E-state index contributed by atoms with van der Waals surface area (Å²) in [7, 11) is 0. The molecule has 96 valence electrons. The molecule has 0 atom stereocenters. The molecule has 0 heterocycles. The molecule has 1 rings (SSSR count). The average Bonchev–Trinajstić information content (AvgIpc) is 2.23. The molecule has 1 aromatic carbocycles. The van der Waals surface area contributed by atoms with Crippen LogP contribution in [0.25, 0.3) is 0 Å². The molecule has 2 N–H and O–H groups in total. The first-order valence-corrected chi connectivity index (χ1v) is 4.69. The number of benzene rings is 1. The van der Waals surface area contributed by atoms with Gasteiger partial charge in [0, 0.05) is 12.1 Å². The Kier molecular flexibility index (Phi) is 4.71. The first kappa shape index (κ1) is 13.7. The lowest BCUT2D eigenvalue weighted by Gasteiger charge is -2.12. The highest BCUT2D eigenvalue weighted by molar-refractivity contribution is 5.34.